The predicted octanol–water partition coefficient (Wildman–Crippen LogP) is 0.224. The molecule has 2 aromatic rings. The Morgan fingerprint density at radius 2 is 2.26 bits per heavy atom. The number of carbonyl (C=O) groups is 1. The first-order valence-corrected chi connectivity index (χ1v) is 6.07. The summed E-state index contributed by atoms with van der Waals surface area (Å²) in [6, 6.07) is 5.22. The van der Waals surface area contributed by atoms with Gasteiger partial charge in [0.2, 0.25) is 5.91 Å². The highest BCUT2D eigenvalue weighted by molar-refractivity contribution is 5.96. The summed E-state index contributed by atoms with van der Waals surface area (Å²) in [6.07, 6.45) is 0.650. The molecule has 0 atom stereocenters. The van der Waals surface area contributed by atoms with E-state index >= 15 is 0 Å². The van der Waals surface area contributed by atoms with Crippen LogP contribution in [0.3, 0.4) is 0 Å². The van der Waals surface area contributed by atoms with E-state index in [1.54, 1.807) is 12.1 Å². The van der Waals surface area contributed by atoms with Crippen LogP contribution in [0, 0.1) is 0 Å². The molecule has 0 saturated heterocycles. The normalized spacial score (nSPS) is 11.1. The molecule has 0 radical (unpaired) electrons. The van der Waals surface area contributed by atoms with E-state index in [-0.39, 0.29) is 6.61 Å². The number of amides is 1. The number of imidazole rings is 1. The molecule has 2 rings (SSSR count). The van der Waals surface area contributed by atoms with Gasteiger partial charge in [-0.2, -0.15) is 0 Å². The summed E-state index contributed by atoms with van der Waals surface area (Å²) in [5.74, 6) is 0.412. The summed E-state index contributed by atoms with van der Waals surface area (Å²) in [4.78, 5) is 15.6. The molecule has 3 N–H and O–H groups in total. The van der Waals surface area contributed by atoms with Gasteiger partial charge in [-0.05, 0) is 18.2 Å². The Bertz CT molecular complexity index is 592. The molecular formula is C13H17N3O3. The number of rotatable bonds is 6. The summed E-state index contributed by atoms with van der Waals surface area (Å²) in [5, 5.41) is 8.63. The number of aliphatic hydroxyl groups is 1. The minimum Gasteiger partial charge on any atom is -0.394 e. The first kappa shape index (κ1) is 13.5. The summed E-state index contributed by atoms with van der Waals surface area (Å²) in [7, 11) is 1.92. The fourth-order valence-electron chi connectivity index (χ4n) is 1.96. The highest BCUT2D eigenvalue weighted by atomic mass is 16.5. The van der Waals surface area contributed by atoms with Gasteiger partial charge < -0.3 is 20.1 Å². The quantitative estimate of drug-likeness (QED) is 0.730. The molecule has 102 valence electrons. The fourth-order valence-corrected chi connectivity index (χ4v) is 1.96. The Hall–Kier alpha value is -1.92. The number of aromatic nitrogens is 2. The predicted molar refractivity (Wildman–Crippen MR) is 70.8 cm³/mol. The second kappa shape index (κ2) is 5.81. The molecule has 0 bridgehead atoms. The van der Waals surface area contributed by atoms with Crippen molar-refractivity contribution >= 4 is 16.9 Å². The number of nitrogens with two attached hydrogens (primary N) is 1. The lowest BCUT2D eigenvalue weighted by Crippen LogP contribution is -2.10. The molecule has 6 heteroatoms. The van der Waals surface area contributed by atoms with Crippen LogP contribution in [0.5, 0.6) is 0 Å². The second-order valence-electron chi connectivity index (χ2n) is 4.24. The minimum absolute atomic E-state index is 0.0184. The van der Waals surface area contributed by atoms with Gasteiger partial charge in [0.05, 0.1) is 30.9 Å². The molecular weight excluding hydrogens is 246 g/mol. The van der Waals surface area contributed by atoms with Crippen LogP contribution in [0.1, 0.15) is 16.2 Å². The standard InChI is InChI=1S/C13H17N3O3/c1-16-11-3-2-9(13(14)18)8-10(11)15-12(16)4-6-19-7-5-17/h2-3,8,17H,4-7H2,1H3,(H2,14,18). The van der Waals surface area contributed by atoms with Crippen molar-refractivity contribution in [1.82, 2.24) is 9.55 Å². The molecule has 0 spiro atoms. The Morgan fingerprint density at radius 3 is 2.95 bits per heavy atom. The van der Waals surface area contributed by atoms with Crippen molar-refractivity contribution in [2.75, 3.05) is 19.8 Å². The summed E-state index contributed by atoms with van der Waals surface area (Å²) in [6.45, 7) is 0.848. The monoisotopic (exact) mass is 263 g/mol. The van der Waals surface area contributed by atoms with E-state index in [0.29, 0.717) is 25.2 Å². The lowest BCUT2D eigenvalue weighted by Gasteiger charge is -2.03. The van der Waals surface area contributed by atoms with Crippen LogP contribution in [-0.2, 0) is 18.2 Å². The Labute approximate surface area is 110 Å². The largest absolute Gasteiger partial charge is 0.394 e. The Morgan fingerprint density at radius 1 is 1.47 bits per heavy atom. The van der Waals surface area contributed by atoms with Gasteiger partial charge in [-0.1, -0.05) is 0 Å². The molecule has 1 aromatic heterocycles. The van der Waals surface area contributed by atoms with E-state index in [1.807, 2.05) is 17.7 Å². The Balaban J connectivity index is 2.21. The van der Waals surface area contributed by atoms with Gasteiger partial charge in [0.25, 0.3) is 0 Å². The number of hydrogen-bond acceptors (Lipinski definition) is 4. The maximum Gasteiger partial charge on any atom is 0.248 e. The number of ether oxygens (including phenoxy) is 1. The van der Waals surface area contributed by atoms with Gasteiger partial charge in [-0.3, -0.25) is 4.79 Å². The van der Waals surface area contributed by atoms with Gasteiger partial charge in [0.15, 0.2) is 0 Å². The highest BCUT2D eigenvalue weighted by Gasteiger charge is 2.09. The molecule has 1 aromatic carbocycles. The minimum atomic E-state index is -0.458. The molecule has 19 heavy (non-hydrogen) atoms. The third-order valence-electron chi connectivity index (χ3n) is 2.96. The number of benzene rings is 1. The molecule has 0 fully saturated rings. The molecule has 1 heterocycles. The number of nitrogens with zero attached hydrogens (tertiary/aromatic N) is 2. The second-order valence-corrected chi connectivity index (χ2v) is 4.24. The summed E-state index contributed by atoms with van der Waals surface area (Å²) >= 11 is 0. The lowest BCUT2D eigenvalue weighted by molar-refractivity contribution is 0.0934. The van der Waals surface area contributed by atoms with Crippen molar-refractivity contribution in [3.8, 4) is 0 Å². The first-order valence-electron chi connectivity index (χ1n) is 6.07. The molecule has 6 nitrogen and oxygen atoms in total. The van der Waals surface area contributed by atoms with E-state index < -0.39 is 5.91 Å². The summed E-state index contributed by atoms with van der Waals surface area (Å²) < 4.78 is 7.18. The third kappa shape index (κ3) is 2.91. The number of aryl methyl sites for hydroxylation is 1. The molecule has 0 aliphatic rings. The number of aliphatic hydroxyl groups excluding tert-OH is 1. The zero-order valence-electron chi connectivity index (χ0n) is 10.8. The highest BCUT2D eigenvalue weighted by Crippen LogP contribution is 2.17. The average Bonchev–Trinajstić information content (AvgIpc) is 2.71. The zero-order chi connectivity index (χ0) is 13.8. The maximum atomic E-state index is 11.1. The number of hydrogen-bond donors (Lipinski definition) is 2. The van der Waals surface area contributed by atoms with Crippen molar-refractivity contribution in [2.45, 2.75) is 6.42 Å². The van der Waals surface area contributed by atoms with Crippen molar-refractivity contribution in [3.05, 3.63) is 29.6 Å². The SMILES string of the molecule is Cn1c(CCOCCO)nc2cc(C(N)=O)ccc21. The molecule has 0 unspecified atom stereocenters. The fraction of sp³-hybridized carbons (Fsp3) is 0.385. The van der Waals surface area contributed by atoms with Crippen molar-refractivity contribution in [3.63, 3.8) is 0 Å². The van der Waals surface area contributed by atoms with Crippen LogP contribution in [0.15, 0.2) is 18.2 Å². The van der Waals surface area contributed by atoms with E-state index in [4.69, 9.17) is 15.6 Å². The topological polar surface area (TPSA) is 90.4 Å². The number of primary amides is 1. The van der Waals surface area contributed by atoms with Crippen LogP contribution in [0.2, 0.25) is 0 Å². The van der Waals surface area contributed by atoms with Crippen molar-refractivity contribution < 1.29 is 14.6 Å². The first-order chi connectivity index (χ1) is 9.13. The van der Waals surface area contributed by atoms with E-state index in [1.165, 1.54) is 0 Å². The van der Waals surface area contributed by atoms with Crippen LogP contribution < -0.4 is 5.73 Å². The van der Waals surface area contributed by atoms with Crippen LogP contribution in [0.4, 0.5) is 0 Å². The van der Waals surface area contributed by atoms with Crippen LogP contribution in [0.25, 0.3) is 11.0 Å². The average molecular weight is 263 g/mol. The smallest absolute Gasteiger partial charge is 0.248 e. The molecule has 0 aliphatic heterocycles. The van der Waals surface area contributed by atoms with Gasteiger partial charge in [0.1, 0.15) is 5.82 Å². The maximum absolute atomic E-state index is 11.1. The van der Waals surface area contributed by atoms with Crippen LogP contribution in [-0.4, -0.2) is 40.4 Å². The van der Waals surface area contributed by atoms with Gasteiger partial charge >= 0.3 is 0 Å². The van der Waals surface area contributed by atoms with E-state index in [2.05, 4.69) is 4.98 Å². The van der Waals surface area contributed by atoms with Crippen molar-refractivity contribution in [2.24, 2.45) is 12.8 Å². The lowest BCUT2D eigenvalue weighted by atomic mass is 10.2. The van der Waals surface area contributed by atoms with Crippen molar-refractivity contribution in [1.29, 1.82) is 0 Å². The number of fused-ring (bicyclic) bond motifs is 1. The van der Waals surface area contributed by atoms with Gasteiger partial charge in [-0.25, -0.2) is 4.98 Å². The molecule has 1 amide bonds. The number of carbonyl (C=O) groups excluding carboxylic acids is 1. The van der Waals surface area contributed by atoms with Gasteiger partial charge in [-0.15, -0.1) is 0 Å². The Kier molecular flexibility index (Phi) is 4.13. The molecule has 0 aliphatic carbocycles. The van der Waals surface area contributed by atoms with Gasteiger partial charge in [0, 0.05) is 19.0 Å². The van der Waals surface area contributed by atoms with E-state index in [9.17, 15) is 4.79 Å². The van der Waals surface area contributed by atoms with E-state index in [0.717, 1.165) is 16.9 Å². The zero-order valence-corrected chi connectivity index (χ0v) is 10.8. The third-order valence-corrected chi connectivity index (χ3v) is 2.96. The summed E-state index contributed by atoms with van der Waals surface area (Å²) in [5.41, 5.74) is 7.39. The van der Waals surface area contributed by atoms with Crippen LogP contribution >= 0.6 is 0 Å². The molecule has 0 saturated carbocycles.